The molecule has 2 aliphatic rings. The lowest BCUT2D eigenvalue weighted by Crippen LogP contribution is -2.54. The van der Waals surface area contributed by atoms with E-state index in [0.29, 0.717) is 37.6 Å². The molecule has 0 N–H and O–H groups in total. The van der Waals surface area contributed by atoms with E-state index in [9.17, 15) is 14.4 Å². The van der Waals surface area contributed by atoms with Crippen LogP contribution in [0.25, 0.3) is 0 Å². The molecular weight excluding hydrogens is 362 g/mol. The van der Waals surface area contributed by atoms with Crippen LogP contribution >= 0.6 is 0 Å². The van der Waals surface area contributed by atoms with Crippen molar-refractivity contribution in [2.24, 2.45) is 0 Å². The summed E-state index contributed by atoms with van der Waals surface area (Å²) in [5.74, 6) is 0.230. The first kappa shape index (κ1) is 20.1. The van der Waals surface area contributed by atoms with Crippen molar-refractivity contribution in [3.05, 3.63) is 24.3 Å². The molecule has 0 aliphatic carbocycles. The van der Waals surface area contributed by atoms with Gasteiger partial charge in [-0.15, -0.1) is 0 Å². The molecule has 0 radical (unpaired) electrons. The summed E-state index contributed by atoms with van der Waals surface area (Å²) in [7, 11) is 1.56. The van der Waals surface area contributed by atoms with Gasteiger partial charge in [0.2, 0.25) is 5.91 Å². The Morgan fingerprint density at radius 1 is 1.04 bits per heavy atom. The van der Waals surface area contributed by atoms with Gasteiger partial charge in [0.1, 0.15) is 11.4 Å². The first-order valence-electron chi connectivity index (χ1n) is 9.42. The van der Waals surface area contributed by atoms with E-state index in [1.54, 1.807) is 36.3 Å². The smallest absolute Gasteiger partial charge is 0.410 e. The fourth-order valence-corrected chi connectivity index (χ4v) is 3.45. The van der Waals surface area contributed by atoms with Crippen LogP contribution in [0, 0.1) is 0 Å². The molecule has 2 aliphatic heterocycles. The Morgan fingerprint density at radius 2 is 1.64 bits per heavy atom. The van der Waals surface area contributed by atoms with Crippen LogP contribution in [0.1, 0.15) is 27.2 Å². The van der Waals surface area contributed by atoms with Crippen molar-refractivity contribution in [3.8, 4) is 5.75 Å². The molecular formula is C20H27N3O5. The lowest BCUT2D eigenvalue weighted by Gasteiger charge is -2.37. The number of piperazine rings is 1. The highest BCUT2D eigenvalue weighted by Gasteiger charge is 2.43. The van der Waals surface area contributed by atoms with E-state index in [0.717, 1.165) is 0 Å². The van der Waals surface area contributed by atoms with E-state index in [1.165, 1.54) is 4.90 Å². The Kier molecular flexibility index (Phi) is 5.60. The SMILES string of the molecule is COc1ccc(N2C(=O)C[C@H](N3CCN(C(=O)OC(C)(C)C)CC3)C2=O)cc1. The number of carbonyl (C=O) groups is 3. The number of nitrogens with zero attached hydrogens (tertiary/aromatic N) is 3. The lowest BCUT2D eigenvalue weighted by molar-refractivity contribution is -0.123. The van der Waals surface area contributed by atoms with E-state index in [2.05, 4.69) is 0 Å². The first-order valence-corrected chi connectivity index (χ1v) is 9.42. The van der Waals surface area contributed by atoms with Gasteiger partial charge in [0.05, 0.1) is 25.3 Å². The molecule has 1 aromatic rings. The molecule has 2 saturated heterocycles. The molecule has 2 heterocycles. The van der Waals surface area contributed by atoms with Gasteiger partial charge >= 0.3 is 6.09 Å². The predicted molar refractivity (Wildman–Crippen MR) is 103 cm³/mol. The summed E-state index contributed by atoms with van der Waals surface area (Å²) in [5.41, 5.74) is 0.00618. The maximum atomic E-state index is 12.9. The second-order valence-corrected chi connectivity index (χ2v) is 7.99. The summed E-state index contributed by atoms with van der Waals surface area (Å²) in [6.45, 7) is 7.48. The van der Waals surface area contributed by atoms with Crippen LogP contribution in [0.3, 0.4) is 0 Å². The molecule has 2 fully saturated rings. The van der Waals surface area contributed by atoms with Crippen molar-refractivity contribution in [1.82, 2.24) is 9.80 Å². The third kappa shape index (κ3) is 4.27. The standard InChI is InChI=1S/C20H27N3O5/c1-20(2,3)28-19(26)22-11-9-21(10-12-22)16-13-17(24)23(18(16)25)14-5-7-15(27-4)8-6-14/h5-8,16H,9-13H2,1-4H3/t16-/m0/s1. The van der Waals surface area contributed by atoms with Gasteiger partial charge in [-0.2, -0.15) is 0 Å². The zero-order chi connectivity index (χ0) is 20.5. The maximum Gasteiger partial charge on any atom is 0.410 e. The van der Waals surface area contributed by atoms with Gasteiger partial charge in [0, 0.05) is 26.2 Å². The first-order chi connectivity index (χ1) is 13.2. The monoisotopic (exact) mass is 389 g/mol. The van der Waals surface area contributed by atoms with E-state index in [4.69, 9.17) is 9.47 Å². The highest BCUT2D eigenvalue weighted by atomic mass is 16.6. The minimum absolute atomic E-state index is 0.150. The largest absolute Gasteiger partial charge is 0.497 e. The quantitative estimate of drug-likeness (QED) is 0.735. The average Bonchev–Trinajstić information content (AvgIpc) is 2.95. The lowest BCUT2D eigenvalue weighted by atomic mass is 10.1. The number of hydrogen-bond donors (Lipinski definition) is 0. The Morgan fingerprint density at radius 3 is 2.18 bits per heavy atom. The minimum atomic E-state index is -0.541. The summed E-state index contributed by atoms with van der Waals surface area (Å²) in [4.78, 5) is 42.4. The number of ether oxygens (including phenoxy) is 2. The number of amides is 3. The van der Waals surface area contributed by atoms with Crippen molar-refractivity contribution < 1.29 is 23.9 Å². The summed E-state index contributed by atoms with van der Waals surface area (Å²) >= 11 is 0. The van der Waals surface area contributed by atoms with Gasteiger partial charge in [0.15, 0.2) is 0 Å². The van der Waals surface area contributed by atoms with Gasteiger partial charge in [0.25, 0.3) is 5.91 Å². The van der Waals surface area contributed by atoms with Gasteiger partial charge in [-0.1, -0.05) is 0 Å². The van der Waals surface area contributed by atoms with E-state index >= 15 is 0 Å². The molecule has 152 valence electrons. The van der Waals surface area contributed by atoms with Crippen LogP contribution in [-0.4, -0.2) is 72.6 Å². The summed E-state index contributed by atoms with van der Waals surface area (Å²) in [5, 5.41) is 0. The van der Waals surface area contributed by atoms with Gasteiger partial charge < -0.3 is 14.4 Å². The molecule has 8 heteroatoms. The van der Waals surface area contributed by atoms with Gasteiger partial charge in [-0.25, -0.2) is 9.69 Å². The summed E-state index contributed by atoms with van der Waals surface area (Å²) < 4.78 is 10.5. The molecule has 0 aromatic heterocycles. The van der Waals surface area contributed by atoms with Crippen LogP contribution in [0.4, 0.5) is 10.5 Å². The highest BCUT2D eigenvalue weighted by molar-refractivity contribution is 6.22. The molecule has 8 nitrogen and oxygen atoms in total. The number of benzene rings is 1. The third-order valence-corrected chi connectivity index (χ3v) is 4.86. The van der Waals surface area contributed by atoms with Gasteiger partial charge in [-0.3, -0.25) is 14.5 Å². The number of imide groups is 1. The molecule has 3 rings (SSSR count). The zero-order valence-corrected chi connectivity index (χ0v) is 16.8. The number of rotatable bonds is 3. The van der Waals surface area contributed by atoms with Crippen molar-refractivity contribution in [2.45, 2.75) is 38.8 Å². The highest BCUT2D eigenvalue weighted by Crippen LogP contribution is 2.28. The Labute approximate surface area is 165 Å². The molecule has 1 atom stereocenters. The third-order valence-electron chi connectivity index (χ3n) is 4.86. The molecule has 0 unspecified atom stereocenters. The average molecular weight is 389 g/mol. The molecule has 28 heavy (non-hydrogen) atoms. The van der Waals surface area contributed by atoms with E-state index < -0.39 is 11.6 Å². The van der Waals surface area contributed by atoms with Crippen LogP contribution in [0.5, 0.6) is 5.75 Å². The molecule has 0 spiro atoms. The summed E-state index contributed by atoms with van der Waals surface area (Å²) in [6, 6.07) is 6.37. The van der Waals surface area contributed by atoms with Crippen LogP contribution < -0.4 is 9.64 Å². The fraction of sp³-hybridized carbons (Fsp3) is 0.550. The zero-order valence-electron chi connectivity index (χ0n) is 16.8. The second kappa shape index (κ2) is 7.79. The molecule has 3 amide bonds. The van der Waals surface area contributed by atoms with Crippen molar-refractivity contribution >= 4 is 23.6 Å². The van der Waals surface area contributed by atoms with Crippen molar-refractivity contribution in [3.63, 3.8) is 0 Å². The van der Waals surface area contributed by atoms with Gasteiger partial charge in [-0.05, 0) is 45.0 Å². The molecule has 0 saturated carbocycles. The summed E-state index contributed by atoms with van der Waals surface area (Å²) in [6.07, 6.45) is -0.196. The molecule has 0 bridgehead atoms. The Balaban J connectivity index is 1.62. The number of hydrogen-bond acceptors (Lipinski definition) is 6. The Hall–Kier alpha value is -2.61. The number of methoxy groups -OCH3 is 1. The fourth-order valence-electron chi connectivity index (χ4n) is 3.45. The normalized spacial score (nSPS) is 21.2. The number of anilines is 1. The molecule has 1 aromatic carbocycles. The van der Waals surface area contributed by atoms with E-state index in [-0.39, 0.29) is 24.3 Å². The number of carbonyl (C=O) groups excluding carboxylic acids is 3. The van der Waals surface area contributed by atoms with Crippen LogP contribution in [0.2, 0.25) is 0 Å². The van der Waals surface area contributed by atoms with Crippen molar-refractivity contribution in [2.75, 3.05) is 38.2 Å². The maximum absolute atomic E-state index is 12.9. The second-order valence-electron chi connectivity index (χ2n) is 7.99. The topological polar surface area (TPSA) is 79.4 Å². The van der Waals surface area contributed by atoms with Crippen molar-refractivity contribution in [1.29, 1.82) is 0 Å². The minimum Gasteiger partial charge on any atom is -0.497 e. The van der Waals surface area contributed by atoms with E-state index in [1.807, 2.05) is 25.7 Å². The predicted octanol–water partition coefficient (Wildman–Crippen LogP) is 1.88. The van der Waals surface area contributed by atoms with Crippen LogP contribution in [-0.2, 0) is 14.3 Å². The Bertz CT molecular complexity index is 748. The van der Waals surface area contributed by atoms with Crippen LogP contribution in [0.15, 0.2) is 24.3 Å².